The third-order valence-corrected chi connectivity index (χ3v) is 8.78. The van der Waals surface area contributed by atoms with Gasteiger partial charge in [0.05, 0.1) is 11.1 Å². The number of nitrogens with zero attached hydrogens (tertiary/aromatic N) is 2. The number of hydrogen-bond acceptors (Lipinski definition) is 7. The molecule has 0 unspecified atom stereocenters. The largest absolute Gasteiger partial charge is 0.489 e. The Morgan fingerprint density at radius 3 is 2.73 bits per heavy atom. The summed E-state index contributed by atoms with van der Waals surface area (Å²) in [6.07, 6.45) is 9.97. The van der Waals surface area contributed by atoms with E-state index in [-0.39, 0.29) is 11.9 Å². The number of rotatable bonds is 6. The summed E-state index contributed by atoms with van der Waals surface area (Å²) in [4.78, 5) is 26.6. The van der Waals surface area contributed by atoms with Crippen molar-refractivity contribution in [2.75, 3.05) is 25.0 Å². The second-order valence-electron chi connectivity index (χ2n) is 10.3. The van der Waals surface area contributed by atoms with Crippen LogP contribution in [-0.2, 0) is 0 Å². The lowest BCUT2D eigenvalue weighted by atomic mass is 9.97. The first-order valence-electron chi connectivity index (χ1n) is 13.6. The first kappa shape index (κ1) is 24.7. The second kappa shape index (κ2) is 10.4. The van der Waals surface area contributed by atoms with Crippen molar-refractivity contribution >= 4 is 39.4 Å². The topological polar surface area (TPSA) is 91.9 Å². The number of ketones is 1. The maximum absolute atomic E-state index is 11.9. The minimum absolute atomic E-state index is 0.0940. The molecule has 0 saturated carbocycles. The van der Waals surface area contributed by atoms with Gasteiger partial charge in [0.1, 0.15) is 17.7 Å². The molecule has 0 aliphatic carbocycles. The van der Waals surface area contributed by atoms with Crippen LogP contribution in [0.25, 0.3) is 38.0 Å². The van der Waals surface area contributed by atoms with E-state index in [4.69, 9.17) is 9.72 Å². The fraction of sp³-hybridized carbons (Fsp3) is 0.219. The summed E-state index contributed by atoms with van der Waals surface area (Å²) in [6.45, 7) is 4.28. The average molecular weight is 548 g/mol. The van der Waals surface area contributed by atoms with Crippen molar-refractivity contribution in [3.05, 3.63) is 89.3 Å². The number of carbonyl (C=O) groups is 1. The Morgan fingerprint density at radius 1 is 1.00 bits per heavy atom. The number of aromatic amines is 1. The number of aromatic nitrogens is 3. The van der Waals surface area contributed by atoms with Crippen molar-refractivity contribution in [2.45, 2.75) is 25.9 Å². The van der Waals surface area contributed by atoms with Gasteiger partial charge in [0.15, 0.2) is 5.78 Å². The molecule has 2 aliphatic rings. The van der Waals surface area contributed by atoms with Gasteiger partial charge in [-0.1, -0.05) is 18.2 Å². The zero-order valence-electron chi connectivity index (χ0n) is 22.2. The number of ether oxygens (including phenoxy) is 1. The maximum atomic E-state index is 11.9. The zero-order valence-corrected chi connectivity index (χ0v) is 23.0. The average Bonchev–Trinajstić information content (AvgIpc) is 3.65. The highest BCUT2D eigenvalue weighted by molar-refractivity contribution is 7.17. The van der Waals surface area contributed by atoms with Gasteiger partial charge in [-0.3, -0.25) is 9.78 Å². The lowest BCUT2D eigenvalue weighted by Gasteiger charge is -2.24. The molecule has 0 spiro atoms. The fourth-order valence-electron chi connectivity index (χ4n) is 5.52. The Labute approximate surface area is 236 Å². The van der Waals surface area contributed by atoms with Crippen LogP contribution in [0.15, 0.2) is 73.2 Å². The predicted molar refractivity (Wildman–Crippen MR) is 161 cm³/mol. The maximum Gasteiger partial charge on any atom is 0.169 e. The van der Waals surface area contributed by atoms with Crippen LogP contribution in [0.4, 0.5) is 5.82 Å². The number of anilines is 1. The van der Waals surface area contributed by atoms with E-state index in [1.807, 2.05) is 24.5 Å². The molecule has 1 saturated heterocycles. The molecule has 200 valence electrons. The Hall–Kier alpha value is -4.27. The van der Waals surface area contributed by atoms with E-state index in [2.05, 4.69) is 63.1 Å². The lowest BCUT2D eigenvalue weighted by Crippen LogP contribution is -2.34. The van der Waals surface area contributed by atoms with Gasteiger partial charge in [-0.15, -0.1) is 11.3 Å². The molecule has 1 aromatic carbocycles. The van der Waals surface area contributed by atoms with Crippen LogP contribution in [-0.4, -0.2) is 46.5 Å². The van der Waals surface area contributed by atoms with E-state index >= 15 is 0 Å². The third kappa shape index (κ3) is 4.69. The Balaban J connectivity index is 1.23. The van der Waals surface area contributed by atoms with Crippen molar-refractivity contribution in [1.82, 2.24) is 20.3 Å². The molecular weight excluding hydrogens is 518 g/mol. The van der Waals surface area contributed by atoms with Crippen molar-refractivity contribution in [3.8, 4) is 27.3 Å². The van der Waals surface area contributed by atoms with Gasteiger partial charge in [0, 0.05) is 68.2 Å². The van der Waals surface area contributed by atoms with E-state index < -0.39 is 0 Å². The van der Waals surface area contributed by atoms with Crippen LogP contribution in [0.1, 0.15) is 40.7 Å². The summed E-state index contributed by atoms with van der Waals surface area (Å²) in [5, 5.41) is 7.92. The molecule has 8 heteroatoms. The molecule has 2 aliphatic heterocycles. The van der Waals surface area contributed by atoms with Crippen LogP contribution in [0.3, 0.4) is 0 Å². The molecule has 0 amide bonds. The quantitative estimate of drug-likeness (QED) is 0.209. The van der Waals surface area contributed by atoms with Gasteiger partial charge in [-0.2, -0.15) is 0 Å². The first-order chi connectivity index (χ1) is 19.6. The Kier molecular flexibility index (Phi) is 6.42. The lowest BCUT2D eigenvalue weighted by molar-refractivity contribution is 0.102. The molecule has 5 aromatic rings. The van der Waals surface area contributed by atoms with E-state index in [0.29, 0.717) is 6.54 Å². The van der Waals surface area contributed by atoms with Crippen molar-refractivity contribution in [2.24, 2.45) is 0 Å². The van der Waals surface area contributed by atoms with Gasteiger partial charge >= 0.3 is 0 Å². The van der Waals surface area contributed by atoms with E-state index in [1.54, 1.807) is 13.1 Å². The Bertz CT molecular complexity index is 1760. The highest BCUT2D eigenvalue weighted by Gasteiger charge is 2.20. The van der Waals surface area contributed by atoms with Crippen LogP contribution in [0, 0.1) is 0 Å². The monoisotopic (exact) mass is 547 g/mol. The molecule has 3 N–H and O–H groups in total. The minimum Gasteiger partial charge on any atom is -0.489 e. The Morgan fingerprint density at radius 2 is 1.88 bits per heavy atom. The number of pyridine rings is 2. The molecule has 0 radical (unpaired) electrons. The number of carbonyl (C=O) groups excluding carboxylic acids is 1. The number of Topliss-reactive ketones (excluding diaryl/α,β-unsaturated/α-hetero) is 1. The minimum atomic E-state index is 0.0940. The molecule has 0 atom stereocenters. The van der Waals surface area contributed by atoms with Gasteiger partial charge in [0.2, 0.25) is 0 Å². The highest BCUT2D eigenvalue weighted by Crippen LogP contribution is 2.39. The normalized spacial score (nSPS) is 15.4. The van der Waals surface area contributed by atoms with E-state index in [0.717, 1.165) is 91.7 Å². The number of nitrogens with one attached hydrogen (secondary N) is 3. The van der Waals surface area contributed by atoms with Crippen molar-refractivity contribution in [1.29, 1.82) is 0 Å². The molecule has 6 heterocycles. The highest BCUT2D eigenvalue weighted by atomic mass is 32.1. The standard InChI is InChI=1S/C32H29N5O2S/c1-19(38)30-5-6-31(40-30)25-3-2-4-28-26(25)15-29(37-28)24-9-12-35-32-27(24)14-21(17-36-32)20-13-23(18-34-16-20)39-22-7-10-33-11-8-22/h2-6,9,13-18,22,33,37H,7-8,10-12H2,1H3,(H,35,36). The van der Waals surface area contributed by atoms with Crippen LogP contribution in [0.2, 0.25) is 0 Å². The number of piperidine rings is 1. The van der Waals surface area contributed by atoms with Crippen LogP contribution >= 0.6 is 11.3 Å². The molecule has 4 aromatic heterocycles. The first-order valence-corrected chi connectivity index (χ1v) is 14.4. The van der Waals surface area contributed by atoms with Crippen LogP contribution < -0.4 is 15.4 Å². The molecule has 1 fully saturated rings. The van der Waals surface area contributed by atoms with Gasteiger partial charge in [0.25, 0.3) is 0 Å². The summed E-state index contributed by atoms with van der Waals surface area (Å²) in [6, 6.07) is 16.7. The smallest absolute Gasteiger partial charge is 0.169 e. The molecule has 0 bridgehead atoms. The third-order valence-electron chi connectivity index (χ3n) is 7.56. The van der Waals surface area contributed by atoms with Gasteiger partial charge < -0.3 is 20.4 Å². The van der Waals surface area contributed by atoms with E-state index in [9.17, 15) is 4.79 Å². The number of thiophene rings is 1. The predicted octanol–water partition coefficient (Wildman–Crippen LogP) is 6.54. The fourth-order valence-corrected chi connectivity index (χ4v) is 6.46. The molecule has 7 rings (SSSR count). The van der Waals surface area contributed by atoms with Gasteiger partial charge in [-0.25, -0.2) is 4.98 Å². The molecule has 7 nitrogen and oxygen atoms in total. The van der Waals surface area contributed by atoms with E-state index in [1.165, 1.54) is 11.3 Å². The number of fused-ring (bicyclic) bond motifs is 2. The SMILES string of the molecule is CC(=O)c1ccc(-c2cccc3[nH]c(C4=CCNc5ncc(-c6cncc(OC7CCNCC7)c6)cc54)cc23)s1. The summed E-state index contributed by atoms with van der Waals surface area (Å²) < 4.78 is 6.25. The summed E-state index contributed by atoms with van der Waals surface area (Å²) >= 11 is 1.54. The molecule has 40 heavy (non-hydrogen) atoms. The summed E-state index contributed by atoms with van der Waals surface area (Å²) in [7, 11) is 0. The number of H-pyrrole nitrogens is 1. The second-order valence-corrected chi connectivity index (χ2v) is 11.3. The van der Waals surface area contributed by atoms with Crippen molar-refractivity contribution in [3.63, 3.8) is 0 Å². The number of benzene rings is 1. The summed E-state index contributed by atoms with van der Waals surface area (Å²) in [5.41, 5.74) is 7.33. The zero-order chi connectivity index (χ0) is 27.1. The van der Waals surface area contributed by atoms with Crippen molar-refractivity contribution < 1.29 is 9.53 Å². The van der Waals surface area contributed by atoms with Crippen LogP contribution in [0.5, 0.6) is 5.75 Å². The number of hydrogen-bond donors (Lipinski definition) is 3. The van der Waals surface area contributed by atoms with Gasteiger partial charge in [-0.05, 0) is 69.3 Å². The summed E-state index contributed by atoms with van der Waals surface area (Å²) in [5.74, 6) is 1.75. The molecular formula is C32H29N5O2S.